The van der Waals surface area contributed by atoms with Gasteiger partial charge >= 0.3 is 0 Å². The summed E-state index contributed by atoms with van der Waals surface area (Å²) in [5.41, 5.74) is 4.31. The van der Waals surface area contributed by atoms with E-state index in [-0.39, 0.29) is 12.0 Å². The minimum absolute atomic E-state index is 0.00142. The molecule has 0 unspecified atom stereocenters. The van der Waals surface area contributed by atoms with Gasteiger partial charge in [-0.3, -0.25) is 9.78 Å². The summed E-state index contributed by atoms with van der Waals surface area (Å²) >= 11 is 1.60. The number of pyridine rings is 1. The van der Waals surface area contributed by atoms with Gasteiger partial charge in [0.2, 0.25) is 0 Å². The molecule has 3 aromatic rings. The van der Waals surface area contributed by atoms with Gasteiger partial charge in [-0.05, 0) is 43.7 Å². The molecule has 4 rings (SSSR count). The van der Waals surface area contributed by atoms with Gasteiger partial charge in [-0.15, -0.1) is 11.3 Å². The van der Waals surface area contributed by atoms with E-state index in [0.29, 0.717) is 31.9 Å². The number of hydrogen-bond donors (Lipinski definition) is 1. The van der Waals surface area contributed by atoms with Crippen LogP contribution in [0.4, 0.5) is 10.8 Å². The van der Waals surface area contributed by atoms with Gasteiger partial charge in [-0.25, -0.2) is 4.98 Å². The highest BCUT2D eigenvalue weighted by molar-refractivity contribution is 7.15. The molecule has 1 aliphatic heterocycles. The Morgan fingerprint density at radius 2 is 2.10 bits per heavy atom. The van der Waals surface area contributed by atoms with Crippen molar-refractivity contribution in [3.05, 3.63) is 70.0 Å². The number of thiazole rings is 1. The number of nitrogens with one attached hydrogen (secondary N) is 1. The number of hydrogen-bond acceptors (Lipinski definition) is 7. The fourth-order valence-corrected chi connectivity index (χ4v) is 4.26. The van der Waals surface area contributed by atoms with E-state index in [1.807, 2.05) is 61.3 Å². The number of nitrogens with zero attached hydrogens (tertiary/aromatic N) is 3. The molecule has 7 nitrogen and oxygen atoms in total. The summed E-state index contributed by atoms with van der Waals surface area (Å²) in [5, 5.41) is 4.18. The second-order valence-corrected chi connectivity index (χ2v) is 8.80. The molecular formula is C23H26N4O3S. The number of anilines is 2. The van der Waals surface area contributed by atoms with Crippen molar-refractivity contribution >= 4 is 28.1 Å². The average molecular weight is 439 g/mol. The highest BCUT2D eigenvalue weighted by Crippen LogP contribution is 2.27. The van der Waals surface area contributed by atoms with Gasteiger partial charge in [0.05, 0.1) is 25.5 Å². The third-order valence-corrected chi connectivity index (χ3v) is 5.87. The third kappa shape index (κ3) is 5.28. The monoisotopic (exact) mass is 438 g/mol. The van der Waals surface area contributed by atoms with Gasteiger partial charge in [-0.1, -0.05) is 12.1 Å². The Hall–Kier alpha value is -2.81. The van der Waals surface area contributed by atoms with Crippen molar-refractivity contribution in [3.63, 3.8) is 0 Å². The number of methoxy groups -OCH3 is 1. The molecule has 0 radical (unpaired) electrons. The molecule has 3 heterocycles. The highest BCUT2D eigenvalue weighted by atomic mass is 32.1. The molecule has 1 aromatic carbocycles. The third-order valence-electron chi connectivity index (χ3n) is 5.04. The van der Waals surface area contributed by atoms with Crippen LogP contribution in [0.25, 0.3) is 0 Å². The van der Waals surface area contributed by atoms with Crippen LogP contribution in [0.5, 0.6) is 0 Å². The Labute approximate surface area is 186 Å². The second kappa shape index (κ2) is 9.55. The van der Waals surface area contributed by atoms with Crippen LogP contribution in [0.1, 0.15) is 38.3 Å². The molecular weight excluding hydrogens is 412 g/mol. The number of morpholine rings is 1. The van der Waals surface area contributed by atoms with Crippen molar-refractivity contribution in [1.82, 2.24) is 14.9 Å². The van der Waals surface area contributed by atoms with Crippen molar-refractivity contribution < 1.29 is 14.3 Å². The Bertz CT molecular complexity index is 1050. The van der Waals surface area contributed by atoms with E-state index in [2.05, 4.69) is 15.3 Å². The van der Waals surface area contributed by atoms with E-state index >= 15 is 0 Å². The number of amides is 1. The number of benzene rings is 1. The largest absolute Gasteiger partial charge is 0.380 e. The number of rotatable bonds is 6. The molecule has 162 valence electrons. The van der Waals surface area contributed by atoms with Crippen LogP contribution in [0.2, 0.25) is 0 Å². The predicted octanol–water partition coefficient (Wildman–Crippen LogP) is 4.26. The summed E-state index contributed by atoms with van der Waals surface area (Å²) < 4.78 is 11.1. The zero-order valence-corrected chi connectivity index (χ0v) is 18.7. The summed E-state index contributed by atoms with van der Waals surface area (Å²) in [6.07, 6.45) is 1.57. The molecule has 0 saturated carbocycles. The molecule has 0 aliphatic carbocycles. The lowest BCUT2D eigenvalue weighted by Gasteiger charge is -2.33. The van der Waals surface area contributed by atoms with Gasteiger partial charge in [-0.2, -0.15) is 0 Å². The van der Waals surface area contributed by atoms with Crippen LogP contribution in [0.15, 0.2) is 42.6 Å². The van der Waals surface area contributed by atoms with Crippen LogP contribution in [-0.2, 0) is 16.1 Å². The standard InChI is InChI=1S/C23H26N4O3S/c1-15-10-19(26-23-24-12-16(2)31-23)11-20(25-15)21-13-27(8-9-30-21)22(28)18-6-4-17(5-7-18)14-29-3/h4-7,10-12,21H,8-9,13-14H2,1-3H3,(H,24,25,26)/t21-/m1/s1. The zero-order chi connectivity index (χ0) is 21.8. The first-order chi connectivity index (χ1) is 15.0. The first-order valence-corrected chi connectivity index (χ1v) is 11.0. The van der Waals surface area contributed by atoms with E-state index in [0.717, 1.165) is 32.6 Å². The van der Waals surface area contributed by atoms with Crippen molar-refractivity contribution in [1.29, 1.82) is 0 Å². The average Bonchev–Trinajstić information content (AvgIpc) is 3.18. The van der Waals surface area contributed by atoms with Crippen molar-refractivity contribution in [2.45, 2.75) is 26.6 Å². The zero-order valence-electron chi connectivity index (χ0n) is 17.9. The summed E-state index contributed by atoms with van der Waals surface area (Å²) in [7, 11) is 1.66. The van der Waals surface area contributed by atoms with Crippen molar-refractivity contribution in [2.24, 2.45) is 0 Å². The van der Waals surface area contributed by atoms with E-state index < -0.39 is 0 Å². The molecule has 0 spiro atoms. The fraction of sp³-hybridized carbons (Fsp3) is 0.348. The fourth-order valence-electron chi connectivity index (χ4n) is 3.57. The number of ether oxygens (including phenoxy) is 2. The lowest BCUT2D eigenvalue weighted by Crippen LogP contribution is -2.42. The van der Waals surface area contributed by atoms with Crippen LogP contribution in [0.3, 0.4) is 0 Å². The van der Waals surface area contributed by atoms with E-state index in [1.54, 1.807) is 18.4 Å². The lowest BCUT2D eigenvalue weighted by molar-refractivity contribution is -0.0247. The molecule has 1 aliphatic rings. The summed E-state index contributed by atoms with van der Waals surface area (Å²) in [4.78, 5) is 25.0. The molecule has 8 heteroatoms. The molecule has 31 heavy (non-hydrogen) atoms. The maximum absolute atomic E-state index is 13.0. The van der Waals surface area contributed by atoms with Gasteiger partial charge in [0.1, 0.15) is 6.10 Å². The number of aryl methyl sites for hydroxylation is 2. The smallest absolute Gasteiger partial charge is 0.254 e. The first-order valence-electron chi connectivity index (χ1n) is 10.2. The second-order valence-electron chi connectivity index (χ2n) is 7.56. The summed E-state index contributed by atoms with van der Waals surface area (Å²) in [6, 6.07) is 11.5. The Kier molecular flexibility index (Phi) is 6.60. The Morgan fingerprint density at radius 3 is 2.81 bits per heavy atom. The maximum atomic E-state index is 13.0. The van der Waals surface area contributed by atoms with Gasteiger partial charge < -0.3 is 19.7 Å². The van der Waals surface area contributed by atoms with Gasteiger partial charge in [0.15, 0.2) is 5.13 Å². The minimum Gasteiger partial charge on any atom is -0.380 e. The first kappa shape index (κ1) is 21.4. The van der Waals surface area contributed by atoms with E-state index in [9.17, 15) is 4.79 Å². The Morgan fingerprint density at radius 1 is 1.29 bits per heavy atom. The summed E-state index contributed by atoms with van der Waals surface area (Å²) in [6.45, 7) is 6.01. The number of aromatic nitrogens is 2. The Balaban J connectivity index is 1.48. The van der Waals surface area contributed by atoms with E-state index in [4.69, 9.17) is 9.47 Å². The van der Waals surface area contributed by atoms with E-state index in [1.165, 1.54) is 0 Å². The maximum Gasteiger partial charge on any atom is 0.254 e. The summed E-state index contributed by atoms with van der Waals surface area (Å²) in [5.74, 6) is 0.00142. The molecule has 1 amide bonds. The molecule has 1 fully saturated rings. The normalized spacial score (nSPS) is 16.4. The number of carbonyl (C=O) groups excluding carboxylic acids is 1. The molecule has 0 bridgehead atoms. The predicted molar refractivity (Wildman–Crippen MR) is 121 cm³/mol. The number of carbonyl (C=O) groups is 1. The van der Waals surface area contributed by atoms with Crippen LogP contribution in [-0.4, -0.2) is 47.6 Å². The van der Waals surface area contributed by atoms with Crippen molar-refractivity contribution in [3.8, 4) is 0 Å². The molecule has 2 aromatic heterocycles. The quantitative estimate of drug-likeness (QED) is 0.620. The van der Waals surface area contributed by atoms with Gasteiger partial charge in [0, 0.05) is 41.7 Å². The SMILES string of the molecule is COCc1ccc(C(=O)N2CCO[C@@H](c3cc(Nc4ncc(C)s4)cc(C)n3)C2)cc1. The highest BCUT2D eigenvalue weighted by Gasteiger charge is 2.27. The molecule has 1 N–H and O–H groups in total. The van der Waals surface area contributed by atoms with Crippen LogP contribution < -0.4 is 5.32 Å². The van der Waals surface area contributed by atoms with Crippen LogP contribution in [0, 0.1) is 13.8 Å². The van der Waals surface area contributed by atoms with Gasteiger partial charge in [0.25, 0.3) is 5.91 Å². The van der Waals surface area contributed by atoms with Crippen molar-refractivity contribution in [2.75, 3.05) is 32.1 Å². The molecule has 1 saturated heterocycles. The lowest BCUT2D eigenvalue weighted by atomic mass is 10.1. The minimum atomic E-state index is -0.274. The van der Waals surface area contributed by atoms with Crippen LogP contribution >= 0.6 is 11.3 Å². The topological polar surface area (TPSA) is 76.6 Å². The molecule has 1 atom stereocenters.